The maximum Gasteiger partial charge on any atom is 0.329 e. The van der Waals surface area contributed by atoms with Crippen molar-refractivity contribution in [3.05, 3.63) is 54.1 Å². The second kappa shape index (κ2) is 9.29. The highest BCUT2D eigenvalue weighted by molar-refractivity contribution is 5.83. The summed E-state index contributed by atoms with van der Waals surface area (Å²) in [6, 6.07) is 14.6. The number of esters is 1. The Bertz CT molecular complexity index is 858. The van der Waals surface area contributed by atoms with Crippen LogP contribution in [0.5, 0.6) is 17.2 Å². The van der Waals surface area contributed by atoms with E-state index in [4.69, 9.17) is 18.9 Å². The monoisotopic (exact) mass is 400 g/mol. The van der Waals surface area contributed by atoms with Gasteiger partial charge < -0.3 is 24.3 Å². The van der Waals surface area contributed by atoms with Crippen LogP contribution in [-0.4, -0.2) is 44.5 Å². The van der Waals surface area contributed by atoms with Gasteiger partial charge in [0, 0.05) is 6.54 Å². The number of hydrogen-bond acceptors (Lipinski definition) is 7. The lowest BCUT2D eigenvalue weighted by Crippen LogP contribution is -2.56. The van der Waals surface area contributed by atoms with Crippen molar-refractivity contribution in [3.8, 4) is 17.2 Å². The number of hydrogen-bond donors (Lipinski definition) is 2. The minimum absolute atomic E-state index is 0.0130. The standard InChI is InChI=1S/C21H24N2O6/c1-21(20(25)26-2,13-27-16-6-4-3-5-7-16)23-12-19(24)22-11-15-8-9-17-18(10-15)29-14-28-17/h3-10,23H,11-14H2,1-2H3,(H,22,24). The lowest BCUT2D eigenvalue weighted by atomic mass is 10.0. The zero-order valence-electron chi connectivity index (χ0n) is 16.4. The van der Waals surface area contributed by atoms with Crippen LogP contribution < -0.4 is 24.8 Å². The Balaban J connectivity index is 1.51. The molecule has 1 unspecified atom stereocenters. The molecule has 0 radical (unpaired) electrons. The highest BCUT2D eigenvalue weighted by atomic mass is 16.7. The molecule has 1 heterocycles. The molecule has 0 saturated heterocycles. The Hall–Kier alpha value is -3.26. The number of benzene rings is 2. The van der Waals surface area contributed by atoms with Gasteiger partial charge in [-0.15, -0.1) is 0 Å². The Morgan fingerprint density at radius 3 is 2.62 bits per heavy atom. The van der Waals surface area contributed by atoms with E-state index < -0.39 is 11.5 Å². The topological polar surface area (TPSA) is 95.1 Å². The fraction of sp³-hybridized carbons (Fsp3) is 0.333. The van der Waals surface area contributed by atoms with Crippen LogP contribution in [0.1, 0.15) is 12.5 Å². The Labute approximate surface area is 169 Å². The molecular weight excluding hydrogens is 376 g/mol. The van der Waals surface area contributed by atoms with Crippen LogP contribution in [0.4, 0.5) is 0 Å². The van der Waals surface area contributed by atoms with E-state index in [0.717, 1.165) is 5.56 Å². The second-order valence-corrected chi connectivity index (χ2v) is 6.74. The zero-order valence-corrected chi connectivity index (χ0v) is 16.4. The summed E-state index contributed by atoms with van der Waals surface area (Å²) in [6.07, 6.45) is 0. The summed E-state index contributed by atoms with van der Waals surface area (Å²) >= 11 is 0. The minimum atomic E-state index is -1.18. The summed E-state index contributed by atoms with van der Waals surface area (Å²) in [5, 5.41) is 5.74. The number of fused-ring (bicyclic) bond motifs is 1. The molecule has 2 aromatic rings. The molecule has 0 aliphatic carbocycles. The number of nitrogens with one attached hydrogen (secondary N) is 2. The molecule has 1 amide bonds. The molecule has 1 atom stereocenters. The molecule has 0 saturated carbocycles. The number of carbonyl (C=O) groups excluding carboxylic acids is 2. The lowest BCUT2D eigenvalue weighted by molar-refractivity contribution is -0.149. The van der Waals surface area contributed by atoms with Crippen LogP contribution in [-0.2, 0) is 20.9 Å². The Morgan fingerprint density at radius 2 is 1.86 bits per heavy atom. The molecular formula is C21H24N2O6. The van der Waals surface area contributed by atoms with E-state index in [1.165, 1.54) is 7.11 Å². The van der Waals surface area contributed by atoms with Gasteiger partial charge in [0.25, 0.3) is 0 Å². The number of ether oxygens (including phenoxy) is 4. The van der Waals surface area contributed by atoms with E-state index in [1.807, 2.05) is 30.3 Å². The van der Waals surface area contributed by atoms with Gasteiger partial charge in [0.15, 0.2) is 11.5 Å². The van der Waals surface area contributed by atoms with Gasteiger partial charge >= 0.3 is 5.97 Å². The van der Waals surface area contributed by atoms with E-state index in [9.17, 15) is 9.59 Å². The molecule has 1 aliphatic heterocycles. The first-order valence-electron chi connectivity index (χ1n) is 9.17. The van der Waals surface area contributed by atoms with Gasteiger partial charge in [-0.1, -0.05) is 24.3 Å². The third-order valence-electron chi connectivity index (χ3n) is 4.47. The Kier molecular flexibility index (Phi) is 6.56. The van der Waals surface area contributed by atoms with Crippen molar-refractivity contribution in [2.45, 2.75) is 19.0 Å². The normalized spacial score (nSPS) is 14.0. The van der Waals surface area contributed by atoms with Crippen molar-refractivity contribution in [1.29, 1.82) is 0 Å². The number of carbonyl (C=O) groups is 2. The highest BCUT2D eigenvalue weighted by Gasteiger charge is 2.35. The zero-order chi connectivity index (χ0) is 20.7. The smallest absolute Gasteiger partial charge is 0.329 e. The number of para-hydroxylation sites is 1. The van der Waals surface area contributed by atoms with Crippen molar-refractivity contribution in [2.24, 2.45) is 0 Å². The van der Waals surface area contributed by atoms with E-state index in [-0.39, 0.29) is 25.9 Å². The predicted octanol–water partition coefficient (Wildman–Crippen LogP) is 1.63. The summed E-state index contributed by atoms with van der Waals surface area (Å²) < 4.78 is 21.1. The van der Waals surface area contributed by atoms with Crippen LogP contribution >= 0.6 is 0 Å². The maximum atomic E-state index is 12.3. The molecule has 8 heteroatoms. The van der Waals surface area contributed by atoms with Gasteiger partial charge in [-0.2, -0.15) is 0 Å². The fourth-order valence-corrected chi connectivity index (χ4v) is 2.74. The number of amides is 1. The maximum absolute atomic E-state index is 12.3. The lowest BCUT2D eigenvalue weighted by Gasteiger charge is -2.27. The molecule has 2 aromatic carbocycles. The van der Waals surface area contributed by atoms with E-state index >= 15 is 0 Å². The van der Waals surface area contributed by atoms with Gasteiger partial charge in [-0.05, 0) is 36.8 Å². The summed E-state index contributed by atoms with van der Waals surface area (Å²) in [7, 11) is 1.30. The van der Waals surface area contributed by atoms with Gasteiger partial charge in [0.2, 0.25) is 12.7 Å². The molecule has 3 rings (SSSR count). The van der Waals surface area contributed by atoms with Crippen LogP contribution in [0.3, 0.4) is 0 Å². The van der Waals surface area contributed by atoms with Crippen LogP contribution in [0.15, 0.2) is 48.5 Å². The second-order valence-electron chi connectivity index (χ2n) is 6.74. The summed E-state index contributed by atoms with van der Waals surface area (Å²) in [6.45, 7) is 2.10. The number of methoxy groups -OCH3 is 1. The minimum Gasteiger partial charge on any atom is -0.491 e. The van der Waals surface area contributed by atoms with Gasteiger partial charge in [-0.3, -0.25) is 10.1 Å². The van der Waals surface area contributed by atoms with Crippen molar-refractivity contribution >= 4 is 11.9 Å². The molecule has 1 aliphatic rings. The summed E-state index contributed by atoms with van der Waals surface area (Å²) in [4.78, 5) is 24.5. The van der Waals surface area contributed by atoms with E-state index in [1.54, 1.807) is 25.1 Å². The van der Waals surface area contributed by atoms with E-state index in [2.05, 4.69) is 10.6 Å². The predicted molar refractivity (Wildman–Crippen MR) is 105 cm³/mol. The van der Waals surface area contributed by atoms with Crippen molar-refractivity contribution in [3.63, 3.8) is 0 Å². The molecule has 0 bridgehead atoms. The van der Waals surface area contributed by atoms with Gasteiger partial charge in [0.05, 0.1) is 13.7 Å². The summed E-state index contributed by atoms with van der Waals surface area (Å²) in [5.41, 5.74) is -0.300. The average Bonchev–Trinajstić information content (AvgIpc) is 3.23. The SMILES string of the molecule is COC(=O)C(C)(COc1ccccc1)NCC(=O)NCc1ccc2c(c1)OCO2. The quantitative estimate of drug-likeness (QED) is 0.618. The highest BCUT2D eigenvalue weighted by Crippen LogP contribution is 2.32. The van der Waals surface area contributed by atoms with Gasteiger partial charge in [0.1, 0.15) is 17.9 Å². The molecule has 0 aromatic heterocycles. The first kappa shape index (κ1) is 20.5. The fourth-order valence-electron chi connectivity index (χ4n) is 2.74. The molecule has 2 N–H and O–H groups in total. The molecule has 0 spiro atoms. The third-order valence-corrected chi connectivity index (χ3v) is 4.47. The number of rotatable bonds is 9. The molecule has 8 nitrogen and oxygen atoms in total. The van der Waals surface area contributed by atoms with Gasteiger partial charge in [-0.25, -0.2) is 4.79 Å². The average molecular weight is 400 g/mol. The van der Waals surface area contributed by atoms with Crippen LogP contribution in [0.25, 0.3) is 0 Å². The van der Waals surface area contributed by atoms with Crippen LogP contribution in [0.2, 0.25) is 0 Å². The summed E-state index contributed by atoms with van der Waals surface area (Å²) in [5.74, 6) is 1.19. The first-order chi connectivity index (χ1) is 14.0. The van der Waals surface area contributed by atoms with E-state index in [0.29, 0.717) is 23.8 Å². The Morgan fingerprint density at radius 1 is 1.10 bits per heavy atom. The molecule has 29 heavy (non-hydrogen) atoms. The first-order valence-corrected chi connectivity index (χ1v) is 9.17. The molecule has 0 fully saturated rings. The van der Waals surface area contributed by atoms with Crippen LogP contribution in [0, 0.1) is 0 Å². The molecule has 154 valence electrons. The third kappa shape index (κ3) is 5.39. The largest absolute Gasteiger partial charge is 0.491 e. The van der Waals surface area contributed by atoms with Crippen molar-refractivity contribution in [2.75, 3.05) is 27.1 Å². The van der Waals surface area contributed by atoms with Crippen molar-refractivity contribution < 1.29 is 28.5 Å². The van der Waals surface area contributed by atoms with Crippen molar-refractivity contribution in [1.82, 2.24) is 10.6 Å².